The van der Waals surface area contributed by atoms with Crippen LogP contribution in [0.1, 0.15) is 25.5 Å². The number of nitrogens with one attached hydrogen (secondary N) is 1. The fourth-order valence-electron chi connectivity index (χ4n) is 2.87. The number of benzene rings is 1. The minimum absolute atomic E-state index is 0.0777. The lowest BCUT2D eigenvalue weighted by Crippen LogP contribution is -2.57. The number of morpholine rings is 1. The first kappa shape index (κ1) is 15.9. The molecular formula is C15H23N3O3. The smallest absolute Gasteiger partial charge is 0.255 e. The second-order valence-electron chi connectivity index (χ2n) is 5.93. The van der Waals surface area contributed by atoms with E-state index in [2.05, 4.69) is 5.43 Å². The molecule has 2 unspecified atom stereocenters. The van der Waals surface area contributed by atoms with Gasteiger partial charge in [0.2, 0.25) is 0 Å². The first-order chi connectivity index (χ1) is 9.96. The van der Waals surface area contributed by atoms with Crippen molar-refractivity contribution in [3.63, 3.8) is 0 Å². The lowest BCUT2D eigenvalue weighted by Gasteiger charge is -2.45. The number of hydrazine groups is 1. The number of aliphatic hydroxyl groups is 1. The normalized spacial score (nSPS) is 23.5. The highest BCUT2D eigenvalue weighted by molar-refractivity contribution is 5.82. The first-order valence-corrected chi connectivity index (χ1v) is 7.05. The van der Waals surface area contributed by atoms with Crippen molar-refractivity contribution >= 4 is 5.91 Å². The zero-order valence-electron chi connectivity index (χ0n) is 12.5. The molecule has 2 atom stereocenters. The second kappa shape index (κ2) is 6.53. The Morgan fingerprint density at radius 2 is 2.19 bits per heavy atom. The molecule has 6 nitrogen and oxygen atoms in total. The third-order valence-corrected chi connectivity index (χ3v) is 3.58. The quantitative estimate of drug-likeness (QED) is 0.419. The number of hydrogen-bond acceptors (Lipinski definition) is 5. The number of nitrogens with zero attached hydrogens (tertiary/aromatic N) is 1. The zero-order chi connectivity index (χ0) is 15.5. The molecule has 6 heteroatoms. The summed E-state index contributed by atoms with van der Waals surface area (Å²) in [5, 5.41) is 9.41. The molecule has 1 fully saturated rings. The van der Waals surface area contributed by atoms with Crippen molar-refractivity contribution in [1.82, 2.24) is 10.3 Å². The number of amides is 1. The highest BCUT2D eigenvalue weighted by Crippen LogP contribution is 2.29. The molecule has 2 rings (SSSR count). The van der Waals surface area contributed by atoms with E-state index in [9.17, 15) is 9.90 Å². The molecule has 1 aliphatic heterocycles. The Labute approximate surface area is 124 Å². The van der Waals surface area contributed by atoms with E-state index in [0.29, 0.717) is 13.1 Å². The maximum absolute atomic E-state index is 12.2. The number of nitrogens with two attached hydrogens (primary N) is 1. The lowest BCUT2D eigenvalue weighted by molar-refractivity contribution is -0.163. The van der Waals surface area contributed by atoms with Crippen molar-refractivity contribution in [2.24, 2.45) is 5.84 Å². The Morgan fingerprint density at radius 3 is 2.76 bits per heavy atom. The highest BCUT2D eigenvalue weighted by Gasteiger charge is 2.39. The van der Waals surface area contributed by atoms with Gasteiger partial charge in [0.05, 0.1) is 18.3 Å². The Bertz CT molecular complexity index is 478. The number of carbonyl (C=O) groups excluding carboxylic acids is 1. The van der Waals surface area contributed by atoms with E-state index in [1.807, 2.05) is 49.1 Å². The van der Waals surface area contributed by atoms with Crippen LogP contribution in [0, 0.1) is 0 Å². The van der Waals surface area contributed by atoms with E-state index < -0.39 is 11.6 Å². The third-order valence-electron chi connectivity index (χ3n) is 3.58. The van der Waals surface area contributed by atoms with E-state index in [1.54, 1.807) is 0 Å². The number of hydrogen-bond donors (Lipinski definition) is 3. The fraction of sp³-hybridized carbons (Fsp3) is 0.533. The van der Waals surface area contributed by atoms with Crippen LogP contribution in [0.4, 0.5) is 0 Å². The molecule has 1 aromatic rings. The molecule has 0 aliphatic carbocycles. The van der Waals surface area contributed by atoms with Crippen LogP contribution >= 0.6 is 0 Å². The topological polar surface area (TPSA) is 87.8 Å². The van der Waals surface area contributed by atoms with E-state index in [-0.39, 0.29) is 18.6 Å². The molecule has 0 saturated carbocycles. The van der Waals surface area contributed by atoms with Crippen molar-refractivity contribution in [2.45, 2.75) is 31.6 Å². The van der Waals surface area contributed by atoms with Crippen LogP contribution in [-0.4, -0.2) is 47.3 Å². The van der Waals surface area contributed by atoms with Crippen molar-refractivity contribution in [3.8, 4) is 0 Å². The molecule has 21 heavy (non-hydrogen) atoms. The molecule has 0 spiro atoms. The molecule has 4 N–H and O–H groups in total. The number of carbonyl (C=O) groups is 1. The molecule has 1 heterocycles. The summed E-state index contributed by atoms with van der Waals surface area (Å²) in [5.74, 6) is 5.08. The van der Waals surface area contributed by atoms with Gasteiger partial charge in [0.25, 0.3) is 5.91 Å². The van der Waals surface area contributed by atoms with Gasteiger partial charge in [-0.1, -0.05) is 30.3 Å². The van der Waals surface area contributed by atoms with Gasteiger partial charge in [0.15, 0.2) is 0 Å². The maximum Gasteiger partial charge on any atom is 0.255 e. The average molecular weight is 293 g/mol. The van der Waals surface area contributed by atoms with Crippen LogP contribution in [0.5, 0.6) is 0 Å². The Morgan fingerprint density at radius 1 is 1.52 bits per heavy atom. The van der Waals surface area contributed by atoms with E-state index in [1.165, 1.54) is 0 Å². The van der Waals surface area contributed by atoms with Crippen molar-refractivity contribution < 1.29 is 14.6 Å². The molecule has 0 aromatic heterocycles. The highest BCUT2D eigenvalue weighted by atomic mass is 16.5. The molecule has 1 amide bonds. The van der Waals surface area contributed by atoms with Gasteiger partial charge in [-0.3, -0.25) is 15.1 Å². The molecule has 0 bridgehead atoms. The van der Waals surface area contributed by atoms with Gasteiger partial charge < -0.3 is 9.84 Å². The van der Waals surface area contributed by atoms with Gasteiger partial charge in [-0.25, -0.2) is 5.84 Å². The average Bonchev–Trinajstić information content (AvgIpc) is 2.46. The van der Waals surface area contributed by atoms with Crippen LogP contribution in [-0.2, 0) is 9.53 Å². The van der Waals surface area contributed by atoms with Gasteiger partial charge in [-0.15, -0.1) is 0 Å². The lowest BCUT2D eigenvalue weighted by atomic mass is 9.98. The van der Waals surface area contributed by atoms with Gasteiger partial charge >= 0.3 is 0 Å². The molecular weight excluding hydrogens is 270 g/mol. The summed E-state index contributed by atoms with van der Waals surface area (Å²) < 4.78 is 5.80. The minimum atomic E-state index is -0.492. The molecule has 1 aromatic carbocycles. The van der Waals surface area contributed by atoms with Crippen LogP contribution in [0.25, 0.3) is 0 Å². The second-order valence-corrected chi connectivity index (χ2v) is 5.93. The summed E-state index contributed by atoms with van der Waals surface area (Å²) in [7, 11) is 0. The van der Waals surface area contributed by atoms with E-state index in [4.69, 9.17) is 10.6 Å². The summed E-state index contributed by atoms with van der Waals surface area (Å²) >= 11 is 0. The van der Waals surface area contributed by atoms with Crippen molar-refractivity contribution in [3.05, 3.63) is 35.9 Å². The summed E-state index contributed by atoms with van der Waals surface area (Å²) in [6, 6.07) is 8.99. The van der Waals surface area contributed by atoms with Crippen LogP contribution < -0.4 is 11.3 Å². The monoisotopic (exact) mass is 293 g/mol. The molecule has 1 saturated heterocycles. The fourth-order valence-corrected chi connectivity index (χ4v) is 2.87. The summed E-state index contributed by atoms with van der Waals surface area (Å²) in [4.78, 5) is 14.2. The van der Waals surface area contributed by atoms with Crippen molar-refractivity contribution in [1.29, 1.82) is 0 Å². The molecule has 1 aliphatic rings. The number of rotatable bonds is 4. The SMILES string of the molecule is CC1(C)CN(C(C(=O)NN)c2ccccc2)CC(CO)O1. The van der Waals surface area contributed by atoms with Gasteiger partial charge in [0.1, 0.15) is 6.04 Å². The first-order valence-electron chi connectivity index (χ1n) is 7.05. The van der Waals surface area contributed by atoms with Crippen LogP contribution in [0.15, 0.2) is 30.3 Å². The van der Waals surface area contributed by atoms with Gasteiger partial charge in [-0.2, -0.15) is 0 Å². The Balaban J connectivity index is 2.30. The minimum Gasteiger partial charge on any atom is -0.394 e. The van der Waals surface area contributed by atoms with E-state index >= 15 is 0 Å². The van der Waals surface area contributed by atoms with Crippen LogP contribution in [0.2, 0.25) is 0 Å². The molecule has 0 radical (unpaired) electrons. The largest absolute Gasteiger partial charge is 0.394 e. The predicted molar refractivity (Wildman–Crippen MR) is 79.1 cm³/mol. The summed E-state index contributed by atoms with van der Waals surface area (Å²) in [6.45, 7) is 4.88. The standard InChI is InChI=1S/C15H23N3O3/c1-15(2)10-18(8-12(9-19)21-15)13(14(20)17-16)11-6-4-3-5-7-11/h3-7,12-13,19H,8-10,16H2,1-2H3,(H,17,20). The summed E-state index contributed by atoms with van der Waals surface area (Å²) in [6.07, 6.45) is -0.314. The number of ether oxygens (including phenoxy) is 1. The van der Waals surface area contributed by atoms with E-state index in [0.717, 1.165) is 5.56 Å². The summed E-state index contributed by atoms with van der Waals surface area (Å²) in [5.41, 5.74) is 2.67. The van der Waals surface area contributed by atoms with Gasteiger partial charge in [-0.05, 0) is 19.4 Å². The Kier molecular flexibility index (Phi) is 4.95. The van der Waals surface area contributed by atoms with Gasteiger partial charge in [0, 0.05) is 13.1 Å². The Hall–Kier alpha value is -1.47. The zero-order valence-corrected chi connectivity index (χ0v) is 12.5. The van der Waals surface area contributed by atoms with Crippen molar-refractivity contribution in [2.75, 3.05) is 19.7 Å². The third kappa shape index (κ3) is 3.79. The van der Waals surface area contributed by atoms with Crippen LogP contribution in [0.3, 0.4) is 0 Å². The maximum atomic E-state index is 12.2. The predicted octanol–water partition coefficient (Wildman–Crippen LogP) is 0.189. The number of aliphatic hydroxyl groups excluding tert-OH is 1. The molecule has 116 valence electrons.